The molecule has 7 heteroatoms. The van der Waals surface area contributed by atoms with Gasteiger partial charge in [0.2, 0.25) is 0 Å². The number of hydrogen-bond acceptors (Lipinski definition) is 4. The number of carbonyl (C=O) groups excluding carboxylic acids is 1. The summed E-state index contributed by atoms with van der Waals surface area (Å²) in [6.07, 6.45) is 3.45. The predicted octanol–water partition coefficient (Wildman–Crippen LogP) is 4.61. The number of pyridine rings is 1. The highest BCUT2D eigenvalue weighted by molar-refractivity contribution is 14.1. The van der Waals surface area contributed by atoms with Gasteiger partial charge in [-0.1, -0.05) is 48.5 Å². The topological polar surface area (TPSA) is 88.5 Å². The fourth-order valence-electron chi connectivity index (χ4n) is 3.94. The second-order valence-electron chi connectivity index (χ2n) is 7.41. The second-order valence-corrected chi connectivity index (χ2v) is 8.66. The van der Waals surface area contributed by atoms with Crippen molar-refractivity contribution in [3.05, 3.63) is 87.3 Å². The normalized spacial score (nSPS) is 13.2. The minimum atomic E-state index is -1.09. The Balaban J connectivity index is 1.38. The summed E-state index contributed by atoms with van der Waals surface area (Å²) < 4.78 is 6.44. The molecule has 0 saturated heterocycles. The first-order valence-electron chi connectivity index (χ1n) is 9.96. The molecule has 0 aliphatic heterocycles. The van der Waals surface area contributed by atoms with E-state index in [2.05, 4.69) is 45.0 Å². The lowest BCUT2D eigenvalue weighted by atomic mass is 9.98. The van der Waals surface area contributed by atoms with E-state index in [0.717, 1.165) is 31.4 Å². The molecule has 3 aromatic rings. The molecule has 31 heavy (non-hydrogen) atoms. The molecule has 1 atom stereocenters. The van der Waals surface area contributed by atoms with E-state index in [4.69, 9.17) is 4.74 Å². The van der Waals surface area contributed by atoms with Crippen LogP contribution in [0.4, 0.5) is 4.79 Å². The second kappa shape index (κ2) is 9.47. The summed E-state index contributed by atoms with van der Waals surface area (Å²) in [5.41, 5.74) is 5.42. The zero-order chi connectivity index (χ0) is 21.8. The fourth-order valence-corrected chi connectivity index (χ4v) is 4.50. The number of carbonyl (C=O) groups is 2. The van der Waals surface area contributed by atoms with Gasteiger partial charge in [-0.25, -0.2) is 9.59 Å². The van der Waals surface area contributed by atoms with Crippen LogP contribution in [0.25, 0.3) is 11.1 Å². The molecule has 0 spiro atoms. The molecule has 1 aliphatic rings. The first-order valence-corrected chi connectivity index (χ1v) is 11.0. The molecule has 1 heterocycles. The summed E-state index contributed by atoms with van der Waals surface area (Å²) in [4.78, 5) is 28.1. The van der Waals surface area contributed by atoms with Crippen molar-refractivity contribution in [3.63, 3.8) is 0 Å². The number of hydrogen-bond donors (Lipinski definition) is 2. The van der Waals surface area contributed by atoms with Crippen LogP contribution < -0.4 is 5.32 Å². The van der Waals surface area contributed by atoms with Gasteiger partial charge in [0.15, 0.2) is 0 Å². The third-order valence-corrected chi connectivity index (χ3v) is 6.01. The van der Waals surface area contributed by atoms with Gasteiger partial charge >= 0.3 is 12.1 Å². The first-order chi connectivity index (χ1) is 15.0. The Labute approximate surface area is 193 Å². The number of aliphatic carboxylic acids is 1. The minimum Gasteiger partial charge on any atom is -0.480 e. The van der Waals surface area contributed by atoms with Crippen LogP contribution in [-0.4, -0.2) is 34.8 Å². The first kappa shape index (κ1) is 21.3. The largest absolute Gasteiger partial charge is 0.480 e. The zero-order valence-electron chi connectivity index (χ0n) is 16.6. The molecule has 6 nitrogen and oxygen atoms in total. The lowest BCUT2D eigenvalue weighted by molar-refractivity contribution is -0.139. The molecule has 0 bridgehead atoms. The van der Waals surface area contributed by atoms with Crippen LogP contribution in [-0.2, 0) is 16.0 Å². The number of ether oxygens (including phenoxy) is 1. The van der Waals surface area contributed by atoms with Crippen molar-refractivity contribution < 1.29 is 19.4 Å². The van der Waals surface area contributed by atoms with E-state index in [1.54, 1.807) is 12.4 Å². The highest BCUT2D eigenvalue weighted by atomic mass is 127. The molecule has 2 N–H and O–H groups in total. The number of halogens is 1. The smallest absolute Gasteiger partial charge is 0.407 e. The number of aryl methyl sites for hydroxylation is 1. The quantitative estimate of drug-likeness (QED) is 0.438. The molecule has 1 amide bonds. The van der Waals surface area contributed by atoms with E-state index < -0.39 is 18.1 Å². The van der Waals surface area contributed by atoms with Gasteiger partial charge in [0, 0.05) is 21.9 Å². The van der Waals surface area contributed by atoms with Crippen LogP contribution >= 0.6 is 22.6 Å². The fraction of sp³-hybridized carbons (Fsp3) is 0.208. The Morgan fingerprint density at radius 1 is 1.06 bits per heavy atom. The number of nitrogens with zero attached hydrogens (tertiary/aromatic N) is 1. The van der Waals surface area contributed by atoms with E-state index in [1.807, 2.05) is 42.5 Å². The van der Waals surface area contributed by atoms with Crippen LogP contribution in [0.15, 0.2) is 67.0 Å². The summed E-state index contributed by atoms with van der Waals surface area (Å²) in [6.45, 7) is 0.146. The van der Waals surface area contributed by atoms with Gasteiger partial charge in [-0.3, -0.25) is 4.98 Å². The van der Waals surface area contributed by atoms with Crippen molar-refractivity contribution in [3.8, 4) is 11.1 Å². The highest BCUT2D eigenvalue weighted by Crippen LogP contribution is 2.44. The van der Waals surface area contributed by atoms with Gasteiger partial charge in [-0.2, -0.15) is 0 Å². The van der Waals surface area contributed by atoms with Crippen molar-refractivity contribution in [1.29, 1.82) is 0 Å². The lowest BCUT2D eigenvalue weighted by Crippen LogP contribution is -2.41. The van der Waals surface area contributed by atoms with Crippen LogP contribution in [0, 0.1) is 3.57 Å². The molecule has 2 aromatic carbocycles. The highest BCUT2D eigenvalue weighted by Gasteiger charge is 2.29. The summed E-state index contributed by atoms with van der Waals surface area (Å²) in [6, 6.07) is 17.0. The maximum atomic E-state index is 12.4. The monoisotopic (exact) mass is 528 g/mol. The number of benzene rings is 2. The number of carboxylic acids is 1. The van der Waals surface area contributed by atoms with E-state index in [-0.39, 0.29) is 18.9 Å². The van der Waals surface area contributed by atoms with Gasteiger partial charge in [-0.15, -0.1) is 0 Å². The standard InChI is InChI=1S/C24H21IN2O4/c25-16-11-15(12-26-13-16)9-10-22(23(28)29)27-24(30)31-14-21-19-7-3-1-5-17(19)18-6-2-4-8-20(18)21/h1-8,11-13,21-22H,9-10,14H2,(H,27,30)(H,28,29). The average Bonchev–Trinajstić information content (AvgIpc) is 3.09. The van der Waals surface area contributed by atoms with Crippen LogP contribution in [0.3, 0.4) is 0 Å². The third kappa shape index (κ3) is 4.87. The number of nitrogens with one attached hydrogen (secondary N) is 1. The van der Waals surface area contributed by atoms with E-state index >= 15 is 0 Å². The van der Waals surface area contributed by atoms with Crippen molar-refractivity contribution in [2.45, 2.75) is 24.8 Å². The molecule has 0 fully saturated rings. The average molecular weight is 528 g/mol. The van der Waals surface area contributed by atoms with Gasteiger partial charge in [0.05, 0.1) is 0 Å². The predicted molar refractivity (Wildman–Crippen MR) is 125 cm³/mol. The summed E-state index contributed by atoms with van der Waals surface area (Å²) in [7, 11) is 0. The van der Waals surface area contributed by atoms with Crippen LogP contribution in [0.5, 0.6) is 0 Å². The Bertz CT molecular complexity index is 1070. The van der Waals surface area contributed by atoms with Gasteiger partial charge in [0.1, 0.15) is 12.6 Å². The lowest BCUT2D eigenvalue weighted by Gasteiger charge is -2.17. The number of aromatic nitrogens is 1. The number of alkyl carbamates (subject to hydrolysis) is 1. The van der Waals surface area contributed by atoms with E-state index in [0.29, 0.717) is 6.42 Å². The van der Waals surface area contributed by atoms with E-state index in [1.165, 1.54) is 0 Å². The van der Waals surface area contributed by atoms with Crippen LogP contribution in [0.1, 0.15) is 29.0 Å². The number of fused-ring (bicyclic) bond motifs is 3. The van der Waals surface area contributed by atoms with Gasteiger partial charge < -0.3 is 15.2 Å². The molecule has 0 radical (unpaired) electrons. The van der Waals surface area contributed by atoms with Crippen molar-refractivity contribution in [2.75, 3.05) is 6.61 Å². The summed E-state index contributed by atoms with van der Waals surface area (Å²) in [5, 5.41) is 12.0. The minimum absolute atomic E-state index is 0.0705. The van der Waals surface area contributed by atoms with E-state index in [9.17, 15) is 14.7 Å². The Morgan fingerprint density at radius 2 is 1.71 bits per heavy atom. The maximum Gasteiger partial charge on any atom is 0.407 e. The number of rotatable bonds is 7. The van der Waals surface area contributed by atoms with Gasteiger partial charge in [0.25, 0.3) is 0 Å². The van der Waals surface area contributed by atoms with Crippen molar-refractivity contribution >= 4 is 34.7 Å². The molecule has 4 rings (SSSR count). The molecular weight excluding hydrogens is 507 g/mol. The van der Waals surface area contributed by atoms with Crippen molar-refractivity contribution in [2.24, 2.45) is 0 Å². The number of amides is 1. The molecule has 1 unspecified atom stereocenters. The third-order valence-electron chi connectivity index (χ3n) is 5.42. The molecule has 1 aromatic heterocycles. The van der Waals surface area contributed by atoms with Crippen LogP contribution in [0.2, 0.25) is 0 Å². The molecular formula is C24H21IN2O4. The maximum absolute atomic E-state index is 12.4. The Hall–Kier alpha value is -2.94. The Morgan fingerprint density at radius 3 is 2.32 bits per heavy atom. The van der Waals surface area contributed by atoms with Gasteiger partial charge in [-0.05, 0) is 69.3 Å². The molecule has 0 saturated carbocycles. The summed E-state index contributed by atoms with van der Waals surface area (Å²) >= 11 is 2.16. The summed E-state index contributed by atoms with van der Waals surface area (Å²) in [5.74, 6) is -1.16. The molecule has 1 aliphatic carbocycles. The van der Waals surface area contributed by atoms with Crippen molar-refractivity contribution in [1.82, 2.24) is 10.3 Å². The zero-order valence-corrected chi connectivity index (χ0v) is 18.8. The SMILES string of the molecule is O=C(NC(CCc1cncc(I)c1)C(=O)O)OCC1c2ccccc2-c2ccccc21. The Kier molecular flexibility index (Phi) is 6.50. The molecule has 158 valence electrons. The number of carboxylic acid groups (broad SMARTS) is 1.